The zero-order valence-corrected chi connectivity index (χ0v) is 12.3. The molecule has 0 aliphatic carbocycles. The molecule has 3 fully saturated rings. The summed E-state index contributed by atoms with van der Waals surface area (Å²) in [5.41, 5.74) is 0.800. The third-order valence-electron chi connectivity index (χ3n) is 4.72. The van der Waals surface area contributed by atoms with Crippen LogP contribution in [0.15, 0.2) is 24.3 Å². The van der Waals surface area contributed by atoms with E-state index in [1.807, 2.05) is 19.1 Å². The van der Waals surface area contributed by atoms with Gasteiger partial charge in [0.15, 0.2) is 0 Å². The number of piperidine rings is 3. The summed E-state index contributed by atoms with van der Waals surface area (Å²) in [6.45, 7) is 2.69. The summed E-state index contributed by atoms with van der Waals surface area (Å²) >= 11 is 0. The topological polar surface area (TPSA) is 24.5 Å². The van der Waals surface area contributed by atoms with Gasteiger partial charge in [0.05, 0.1) is 0 Å². The summed E-state index contributed by atoms with van der Waals surface area (Å²) in [6, 6.07) is 7.50. The van der Waals surface area contributed by atoms with Crippen LogP contribution in [0.25, 0.3) is 0 Å². The van der Waals surface area contributed by atoms with Gasteiger partial charge >= 0.3 is 6.61 Å². The fourth-order valence-electron chi connectivity index (χ4n) is 3.61. The summed E-state index contributed by atoms with van der Waals surface area (Å²) in [6.07, 6.45) is 2.47. The van der Waals surface area contributed by atoms with Gasteiger partial charge in [0.25, 0.3) is 0 Å². The zero-order valence-electron chi connectivity index (χ0n) is 12.3. The predicted molar refractivity (Wildman–Crippen MR) is 77.6 cm³/mol. The van der Waals surface area contributed by atoms with Crippen LogP contribution in [0, 0.1) is 5.92 Å². The minimum Gasteiger partial charge on any atom is -0.434 e. The van der Waals surface area contributed by atoms with Gasteiger partial charge in [-0.1, -0.05) is 18.2 Å². The third kappa shape index (κ3) is 3.35. The van der Waals surface area contributed by atoms with Gasteiger partial charge < -0.3 is 15.0 Å². The molecular weight excluding hydrogens is 274 g/mol. The maximum absolute atomic E-state index is 12.5. The molecule has 21 heavy (non-hydrogen) atoms. The van der Waals surface area contributed by atoms with E-state index in [1.54, 1.807) is 12.1 Å². The molecule has 0 amide bonds. The highest BCUT2D eigenvalue weighted by Gasteiger charge is 2.34. The number of nitrogens with zero attached hydrogens (tertiary/aromatic N) is 1. The second-order valence-corrected chi connectivity index (χ2v) is 6.05. The molecule has 3 nitrogen and oxygen atoms in total. The summed E-state index contributed by atoms with van der Waals surface area (Å²) in [5, 5.41) is 3.61. The number of para-hydroxylation sites is 1. The van der Waals surface area contributed by atoms with E-state index in [1.165, 1.54) is 25.9 Å². The van der Waals surface area contributed by atoms with Crippen LogP contribution in [-0.4, -0.2) is 37.2 Å². The van der Waals surface area contributed by atoms with Crippen molar-refractivity contribution in [1.82, 2.24) is 10.2 Å². The highest BCUT2D eigenvalue weighted by Crippen LogP contribution is 2.31. The van der Waals surface area contributed by atoms with Gasteiger partial charge in [-0.25, -0.2) is 0 Å². The van der Waals surface area contributed by atoms with Crippen molar-refractivity contribution in [3.05, 3.63) is 29.8 Å². The summed E-state index contributed by atoms with van der Waals surface area (Å²) in [7, 11) is 0. The van der Waals surface area contributed by atoms with Gasteiger partial charge in [-0.15, -0.1) is 0 Å². The molecule has 0 aromatic heterocycles. The highest BCUT2D eigenvalue weighted by molar-refractivity contribution is 5.35. The number of hydrogen-bond donors (Lipinski definition) is 1. The first-order chi connectivity index (χ1) is 10.1. The first-order valence-electron chi connectivity index (χ1n) is 7.65. The molecular formula is C16H22F2N2O. The molecule has 2 bridgehead atoms. The van der Waals surface area contributed by atoms with Gasteiger partial charge in [-0.2, -0.15) is 8.78 Å². The largest absolute Gasteiger partial charge is 0.434 e. The van der Waals surface area contributed by atoms with E-state index in [4.69, 9.17) is 0 Å². The summed E-state index contributed by atoms with van der Waals surface area (Å²) in [5.74, 6) is 0.981. The van der Waals surface area contributed by atoms with E-state index >= 15 is 0 Å². The van der Waals surface area contributed by atoms with E-state index in [2.05, 4.69) is 15.0 Å². The first-order valence-corrected chi connectivity index (χ1v) is 7.65. The van der Waals surface area contributed by atoms with Crippen LogP contribution in [0.2, 0.25) is 0 Å². The second kappa shape index (κ2) is 6.28. The molecule has 0 saturated carbocycles. The van der Waals surface area contributed by atoms with Crippen LogP contribution >= 0.6 is 0 Å². The Morgan fingerprint density at radius 2 is 1.95 bits per heavy atom. The zero-order chi connectivity index (χ0) is 14.8. The number of ether oxygens (including phenoxy) is 1. The number of benzene rings is 1. The Bertz CT molecular complexity index is 475. The lowest BCUT2D eigenvalue weighted by atomic mass is 9.83. The summed E-state index contributed by atoms with van der Waals surface area (Å²) < 4.78 is 29.6. The van der Waals surface area contributed by atoms with E-state index < -0.39 is 6.61 Å². The molecule has 4 rings (SSSR count). The van der Waals surface area contributed by atoms with Crippen LogP contribution in [0.1, 0.15) is 31.4 Å². The maximum Gasteiger partial charge on any atom is 0.387 e. The van der Waals surface area contributed by atoms with Crippen LogP contribution in [0.3, 0.4) is 0 Å². The monoisotopic (exact) mass is 296 g/mol. The fraction of sp³-hybridized carbons (Fsp3) is 0.625. The van der Waals surface area contributed by atoms with Crippen LogP contribution in [0.4, 0.5) is 8.78 Å². The van der Waals surface area contributed by atoms with Crippen molar-refractivity contribution >= 4 is 0 Å². The average molecular weight is 296 g/mol. The molecule has 0 radical (unpaired) electrons. The van der Waals surface area contributed by atoms with Crippen LogP contribution in [0.5, 0.6) is 5.75 Å². The van der Waals surface area contributed by atoms with E-state index in [0.29, 0.717) is 12.0 Å². The number of fused-ring (bicyclic) bond motifs is 3. The smallest absolute Gasteiger partial charge is 0.387 e. The molecule has 116 valence electrons. The van der Waals surface area contributed by atoms with Gasteiger partial charge in [-0.3, -0.25) is 0 Å². The molecule has 3 aliphatic heterocycles. The molecule has 1 aromatic rings. The number of alkyl halides is 2. The molecule has 3 saturated heterocycles. The second-order valence-electron chi connectivity index (χ2n) is 6.05. The Hall–Kier alpha value is -1.20. The average Bonchev–Trinajstić information content (AvgIpc) is 2.48. The SMILES string of the molecule is CC(NC1CN2CCC1CC2)c1ccccc1OC(F)F. The van der Waals surface area contributed by atoms with Gasteiger partial charge in [-0.05, 0) is 44.8 Å². The molecule has 2 atom stereocenters. The lowest BCUT2D eigenvalue weighted by Gasteiger charge is -2.46. The van der Waals surface area contributed by atoms with Gasteiger partial charge in [0.2, 0.25) is 0 Å². The molecule has 3 heterocycles. The molecule has 1 aromatic carbocycles. The van der Waals surface area contributed by atoms with E-state index in [0.717, 1.165) is 12.1 Å². The number of nitrogens with one attached hydrogen (secondary N) is 1. The molecule has 1 N–H and O–H groups in total. The Morgan fingerprint density at radius 3 is 2.57 bits per heavy atom. The van der Waals surface area contributed by atoms with E-state index in [-0.39, 0.29) is 11.8 Å². The Balaban J connectivity index is 1.69. The fourth-order valence-corrected chi connectivity index (χ4v) is 3.61. The molecule has 2 unspecified atom stereocenters. The van der Waals surface area contributed by atoms with Crippen molar-refractivity contribution in [3.8, 4) is 5.75 Å². The van der Waals surface area contributed by atoms with Crippen LogP contribution in [-0.2, 0) is 0 Å². The number of rotatable bonds is 5. The lowest BCUT2D eigenvalue weighted by molar-refractivity contribution is -0.0507. The van der Waals surface area contributed by atoms with E-state index in [9.17, 15) is 8.78 Å². The standard InChI is InChI=1S/C16H22F2N2O/c1-11(13-4-2-3-5-15(13)21-16(17)18)19-14-10-20-8-6-12(14)7-9-20/h2-5,11-12,14,16,19H,6-10H2,1H3. The van der Waals surface area contributed by atoms with Gasteiger partial charge in [0.1, 0.15) is 5.75 Å². The van der Waals surface area contributed by atoms with Crippen molar-refractivity contribution in [2.75, 3.05) is 19.6 Å². The lowest BCUT2D eigenvalue weighted by Crippen LogP contribution is -2.56. The minimum absolute atomic E-state index is 0.00509. The van der Waals surface area contributed by atoms with Gasteiger partial charge in [0, 0.05) is 24.2 Å². The van der Waals surface area contributed by atoms with Crippen LogP contribution < -0.4 is 10.1 Å². The van der Waals surface area contributed by atoms with Crippen molar-refractivity contribution in [3.63, 3.8) is 0 Å². The predicted octanol–water partition coefficient (Wildman–Crippen LogP) is 3.03. The van der Waals surface area contributed by atoms with Crippen molar-refractivity contribution in [1.29, 1.82) is 0 Å². The van der Waals surface area contributed by atoms with Crippen molar-refractivity contribution in [2.24, 2.45) is 5.92 Å². The summed E-state index contributed by atoms with van der Waals surface area (Å²) in [4.78, 5) is 2.48. The van der Waals surface area contributed by atoms with Crippen molar-refractivity contribution in [2.45, 2.75) is 38.5 Å². The highest BCUT2D eigenvalue weighted by atomic mass is 19.3. The molecule has 5 heteroatoms. The minimum atomic E-state index is -2.78. The Labute approximate surface area is 124 Å². The first kappa shape index (κ1) is 14.7. The number of hydrogen-bond acceptors (Lipinski definition) is 3. The Kier molecular flexibility index (Phi) is 4.40. The quantitative estimate of drug-likeness (QED) is 0.904. The Morgan fingerprint density at radius 1 is 1.24 bits per heavy atom. The number of halogens is 2. The molecule has 3 aliphatic rings. The normalized spacial score (nSPS) is 29.6. The van der Waals surface area contributed by atoms with Crippen molar-refractivity contribution < 1.29 is 13.5 Å². The maximum atomic E-state index is 12.5. The third-order valence-corrected chi connectivity index (χ3v) is 4.72. The molecule has 0 spiro atoms.